The number of methoxy groups -OCH3 is 1. The Morgan fingerprint density at radius 2 is 2.00 bits per heavy atom. The van der Waals surface area contributed by atoms with Gasteiger partial charge >= 0.3 is 0 Å². The Labute approximate surface area is 231 Å². The van der Waals surface area contributed by atoms with Crippen molar-refractivity contribution in [3.05, 3.63) is 78.1 Å². The van der Waals surface area contributed by atoms with Gasteiger partial charge in [0.15, 0.2) is 5.82 Å². The maximum atomic E-state index is 14.8. The summed E-state index contributed by atoms with van der Waals surface area (Å²) in [6, 6.07) is 14.1. The lowest BCUT2D eigenvalue weighted by Crippen LogP contribution is -2.45. The quantitative estimate of drug-likeness (QED) is 0.370. The summed E-state index contributed by atoms with van der Waals surface area (Å²) in [5.74, 6) is -1.15. The number of amides is 1. The first kappa shape index (κ1) is 26.7. The van der Waals surface area contributed by atoms with Gasteiger partial charge in [-0.05, 0) is 49.6 Å². The molecule has 2 aromatic heterocycles. The summed E-state index contributed by atoms with van der Waals surface area (Å²) < 4.78 is 20.1. The summed E-state index contributed by atoms with van der Waals surface area (Å²) in [5, 5.41) is 9.67. The number of ether oxygens (including phenoxy) is 1. The first-order valence-corrected chi connectivity index (χ1v) is 12.8. The third kappa shape index (κ3) is 4.95. The Bertz CT molecular complexity index is 1640. The number of rotatable bonds is 6. The van der Waals surface area contributed by atoms with Gasteiger partial charge in [-0.1, -0.05) is 18.2 Å². The molecule has 0 aliphatic carbocycles. The summed E-state index contributed by atoms with van der Waals surface area (Å²) in [6.07, 6.45) is 6.29. The van der Waals surface area contributed by atoms with Gasteiger partial charge in [-0.3, -0.25) is 9.78 Å². The SMILES string of the molecule is COc1cccc(F)c1-c1ncc(-c2ccc(-c3cnccc3C#N)cc2N2CC[C@H](N)C[C@@H]2C)c(C(N)=O)n1. The molecule has 1 fully saturated rings. The number of primary amides is 1. The largest absolute Gasteiger partial charge is 0.496 e. The monoisotopic (exact) mass is 537 g/mol. The number of hydrogen-bond acceptors (Lipinski definition) is 8. The Balaban J connectivity index is 1.71. The number of carbonyl (C=O) groups is 1. The van der Waals surface area contributed by atoms with E-state index in [0.29, 0.717) is 28.8 Å². The normalized spacial score (nSPS) is 16.8. The van der Waals surface area contributed by atoms with Gasteiger partial charge in [-0.15, -0.1) is 0 Å². The lowest BCUT2D eigenvalue weighted by atomic mass is 9.92. The van der Waals surface area contributed by atoms with Crippen molar-refractivity contribution in [3.8, 4) is 45.5 Å². The molecule has 1 aliphatic rings. The molecule has 4 aromatic rings. The summed E-state index contributed by atoms with van der Waals surface area (Å²) in [5.41, 5.74) is 15.9. The highest BCUT2D eigenvalue weighted by Gasteiger charge is 2.28. The van der Waals surface area contributed by atoms with Crippen LogP contribution in [-0.4, -0.2) is 46.6 Å². The average Bonchev–Trinajstić information content (AvgIpc) is 2.96. The predicted molar refractivity (Wildman–Crippen MR) is 150 cm³/mol. The summed E-state index contributed by atoms with van der Waals surface area (Å²) in [7, 11) is 1.42. The molecule has 1 aliphatic heterocycles. The highest BCUT2D eigenvalue weighted by molar-refractivity contribution is 6.00. The van der Waals surface area contributed by atoms with E-state index in [4.69, 9.17) is 16.2 Å². The number of hydrogen-bond donors (Lipinski definition) is 2. The van der Waals surface area contributed by atoms with Crippen molar-refractivity contribution >= 4 is 11.6 Å². The zero-order valence-electron chi connectivity index (χ0n) is 22.1. The van der Waals surface area contributed by atoms with Gasteiger partial charge in [0.1, 0.15) is 17.3 Å². The average molecular weight is 538 g/mol. The van der Waals surface area contributed by atoms with Gasteiger partial charge in [0.05, 0.1) is 24.3 Å². The number of aromatic nitrogens is 3. The number of halogens is 1. The van der Waals surface area contributed by atoms with Crippen LogP contribution in [0.5, 0.6) is 5.75 Å². The van der Waals surface area contributed by atoms with Crippen molar-refractivity contribution in [1.82, 2.24) is 15.0 Å². The molecule has 4 N–H and O–H groups in total. The molecule has 3 heterocycles. The van der Waals surface area contributed by atoms with Gasteiger partial charge in [0, 0.05) is 59.6 Å². The van der Waals surface area contributed by atoms with E-state index in [0.717, 1.165) is 24.1 Å². The fraction of sp³-hybridized carbons (Fsp3) is 0.233. The number of anilines is 1. The Hall–Kier alpha value is -4.88. The smallest absolute Gasteiger partial charge is 0.268 e. The van der Waals surface area contributed by atoms with E-state index < -0.39 is 11.7 Å². The number of nitriles is 1. The highest BCUT2D eigenvalue weighted by atomic mass is 19.1. The van der Waals surface area contributed by atoms with Crippen LogP contribution in [0.2, 0.25) is 0 Å². The van der Waals surface area contributed by atoms with Gasteiger partial charge in [0.2, 0.25) is 0 Å². The molecular weight excluding hydrogens is 509 g/mol. The standard InChI is InChI=1S/C30H28FN7O2/c1-17-12-20(33)9-11-38(17)25-13-18(22-15-35-10-8-19(22)14-32)6-7-21(25)23-16-36-30(37-28(23)29(34)39)27-24(31)4-3-5-26(27)40-2/h3-8,10,13,15-17,20H,9,11-12,33H2,1-2H3,(H2,34,39)/t17-,20-/m0/s1. The van der Waals surface area contributed by atoms with Crippen molar-refractivity contribution in [3.63, 3.8) is 0 Å². The molecule has 9 nitrogen and oxygen atoms in total. The Morgan fingerprint density at radius 3 is 2.73 bits per heavy atom. The summed E-state index contributed by atoms with van der Waals surface area (Å²) in [6.45, 7) is 2.79. The van der Waals surface area contributed by atoms with E-state index >= 15 is 0 Å². The van der Waals surface area contributed by atoms with Crippen molar-refractivity contribution in [2.24, 2.45) is 11.5 Å². The predicted octanol–water partition coefficient (Wildman–Crippen LogP) is 4.31. The van der Waals surface area contributed by atoms with E-state index in [-0.39, 0.29) is 34.9 Å². The van der Waals surface area contributed by atoms with Crippen LogP contribution in [0.25, 0.3) is 33.6 Å². The molecule has 0 bridgehead atoms. The second-order valence-corrected chi connectivity index (χ2v) is 9.73. The molecule has 0 saturated carbocycles. The van der Waals surface area contributed by atoms with Gasteiger partial charge in [-0.2, -0.15) is 5.26 Å². The fourth-order valence-electron chi connectivity index (χ4n) is 5.23. The third-order valence-electron chi connectivity index (χ3n) is 7.21. The van der Waals surface area contributed by atoms with Crippen LogP contribution in [-0.2, 0) is 0 Å². The minimum atomic E-state index is -0.781. The van der Waals surface area contributed by atoms with Crippen LogP contribution in [0.4, 0.5) is 10.1 Å². The zero-order valence-corrected chi connectivity index (χ0v) is 22.1. The van der Waals surface area contributed by atoms with Crippen LogP contribution in [0.3, 0.4) is 0 Å². The van der Waals surface area contributed by atoms with E-state index in [2.05, 4.69) is 32.8 Å². The maximum Gasteiger partial charge on any atom is 0.268 e. The molecule has 1 amide bonds. The number of nitrogens with two attached hydrogens (primary N) is 2. The molecule has 202 valence electrons. The van der Waals surface area contributed by atoms with Crippen LogP contribution in [0.15, 0.2) is 61.1 Å². The van der Waals surface area contributed by atoms with Gasteiger partial charge in [-0.25, -0.2) is 14.4 Å². The van der Waals surface area contributed by atoms with Crippen LogP contribution >= 0.6 is 0 Å². The van der Waals surface area contributed by atoms with E-state index in [9.17, 15) is 14.4 Å². The fourth-order valence-corrected chi connectivity index (χ4v) is 5.23. The molecule has 10 heteroatoms. The zero-order chi connectivity index (χ0) is 28.4. The lowest BCUT2D eigenvalue weighted by Gasteiger charge is -2.39. The lowest BCUT2D eigenvalue weighted by molar-refractivity contribution is 0.0996. The summed E-state index contributed by atoms with van der Waals surface area (Å²) in [4.78, 5) is 28.0. The minimum Gasteiger partial charge on any atom is -0.496 e. The number of benzene rings is 2. The van der Waals surface area contributed by atoms with Crippen LogP contribution < -0.4 is 21.1 Å². The maximum absolute atomic E-state index is 14.8. The van der Waals surface area contributed by atoms with Gasteiger partial charge < -0.3 is 21.1 Å². The number of nitrogens with zero attached hydrogens (tertiary/aromatic N) is 5. The van der Waals surface area contributed by atoms with E-state index in [1.807, 2.05) is 18.2 Å². The van der Waals surface area contributed by atoms with Crippen LogP contribution in [0.1, 0.15) is 35.8 Å². The van der Waals surface area contributed by atoms with Crippen molar-refractivity contribution in [2.45, 2.75) is 31.8 Å². The van der Waals surface area contributed by atoms with Crippen molar-refractivity contribution in [2.75, 3.05) is 18.6 Å². The molecular formula is C30H28FN7O2. The summed E-state index contributed by atoms with van der Waals surface area (Å²) >= 11 is 0. The second kappa shape index (κ2) is 11.1. The first-order chi connectivity index (χ1) is 19.3. The Kier molecular flexibility index (Phi) is 7.40. The first-order valence-electron chi connectivity index (χ1n) is 12.8. The number of piperidine rings is 1. The topological polar surface area (TPSA) is 144 Å². The molecule has 2 atom stereocenters. The van der Waals surface area contributed by atoms with E-state index in [1.165, 1.54) is 25.4 Å². The number of pyridine rings is 1. The molecule has 0 spiro atoms. The van der Waals surface area contributed by atoms with Crippen LogP contribution in [0, 0.1) is 17.1 Å². The van der Waals surface area contributed by atoms with Crippen molar-refractivity contribution < 1.29 is 13.9 Å². The number of carbonyl (C=O) groups excluding carboxylic acids is 1. The molecule has 0 radical (unpaired) electrons. The molecule has 0 unspecified atom stereocenters. The third-order valence-corrected chi connectivity index (χ3v) is 7.21. The van der Waals surface area contributed by atoms with Crippen molar-refractivity contribution in [1.29, 1.82) is 5.26 Å². The second-order valence-electron chi connectivity index (χ2n) is 9.73. The highest BCUT2D eigenvalue weighted by Crippen LogP contribution is 2.40. The Morgan fingerprint density at radius 1 is 1.18 bits per heavy atom. The molecule has 1 saturated heterocycles. The van der Waals surface area contributed by atoms with Gasteiger partial charge in [0.25, 0.3) is 5.91 Å². The molecule has 5 rings (SSSR count). The molecule has 40 heavy (non-hydrogen) atoms. The minimum absolute atomic E-state index is 0.0167. The molecule has 2 aromatic carbocycles. The van der Waals surface area contributed by atoms with E-state index in [1.54, 1.807) is 24.5 Å².